The lowest BCUT2D eigenvalue weighted by molar-refractivity contribution is 0.0270. The Balaban J connectivity index is 1.91. The van der Waals surface area contributed by atoms with Crippen LogP contribution in [0.2, 0.25) is 0 Å². The number of rotatable bonds is 4. The molecule has 2 N–H and O–H groups in total. The van der Waals surface area contributed by atoms with E-state index in [9.17, 15) is 10.2 Å². The third-order valence-corrected chi connectivity index (χ3v) is 5.07. The highest BCUT2D eigenvalue weighted by molar-refractivity contribution is 4.90. The summed E-state index contributed by atoms with van der Waals surface area (Å²) >= 11 is 0. The Morgan fingerprint density at radius 3 is 2.72 bits per heavy atom. The molecule has 2 rings (SSSR count). The van der Waals surface area contributed by atoms with Gasteiger partial charge in [-0.2, -0.15) is 0 Å². The number of likely N-dealkylation sites (tertiary alicyclic amines) is 1. The van der Waals surface area contributed by atoms with E-state index in [2.05, 4.69) is 11.8 Å². The third-order valence-electron chi connectivity index (χ3n) is 5.07. The first kappa shape index (κ1) is 14.3. The van der Waals surface area contributed by atoms with Crippen molar-refractivity contribution in [2.45, 2.75) is 52.1 Å². The second kappa shape index (κ2) is 5.89. The van der Waals surface area contributed by atoms with Crippen molar-refractivity contribution in [1.82, 2.24) is 4.90 Å². The second-order valence-corrected chi connectivity index (χ2v) is 6.88. The molecule has 0 aromatic carbocycles. The Morgan fingerprint density at radius 1 is 1.39 bits per heavy atom. The van der Waals surface area contributed by atoms with Crippen LogP contribution in [0.15, 0.2) is 0 Å². The maximum atomic E-state index is 9.82. The fourth-order valence-electron chi connectivity index (χ4n) is 3.98. The molecule has 3 heteroatoms. The van der Waals surface area contributed by atoms with Crippen molar-refractivity contribution in [3.8, 4) is 0 Å². The summed E-state index contributed by atoms with van der Waals surface area (Å²) in [5.74, 6) is 1.18. The fraction of sp³-hybridized carbons (Fsp3) is 1.00. The van der Waals surface area contributed by atoms with E-state index in [1.165, 1.54) is 25.7 Å². The lowest BCUT2D eigenvalue weighted by Gasteiger charge is -2.41. The quantitative estimate of drug-likeness (QED) is 0.806. The average Bonchev–Trinajstić information content (AvgIpc) is 2.77. The monoisotopic (exact) mass is 255 g/mol. The van der Waals surface area contributed by atoms with Crippen LogP contribution in [0.25, 0.3) is 0 Å². The summed E-state index contributed by atoms with van der Waals surface area (Å²) in [7, 11) is 0. The van der Waals surface area contributed by atoms with Crippen LogP contribution in [-0.4, -0.2) is 47.5 Å². The van der Waals surface area contributed by atoms with Crippen LogP contribution in [0, 0.1) is 17.3 Å². The zero-order valence-electron chi connectivity index (χ0n) is 11.9. The zero-order chi connectivity index (χ0) is 13.2. The van der Waals surface area contributed by atoms with Crippen molar-refractivity contribution in [3.05, 3.63) is 0 Å². The SMILES string of the molecule is CC1CCCC(CO)(CN2CCC(C(C)O)C2)C1. The molecule has 0 spiro atoms. The first-order valence-corrected chi connectivity index (χ1v) is 7.56. The maximum absolute atomic E-state index is 9.82. The highest BCUT2D eigenvalue weighted by Gasteiger charge is 2.38. The minimum absolute atomic E-state index is 0.130. The molecule has 18 heavy (non-hydrogen) atoms. The number of aliphatic hydroxyl groups excluding tert-OH is 2. The average molecular weight is 255 g/mol. The molecule has 1 heterocycles. The maximum Gasteiger partial charge on any atom is 0.0552 e. The van der Waals surface area contributed by atoms with Crippen molar-refractivity contribution in [2.75, 3.05) is 26.2 Å². The van der Waals surface area contributed by atoms with E-state index >= 15 is 0 Å². The van der Waals surface area contributed by atoms with Gasteiger partial charge in [-0.3, -0.25) is 0 Å². The summed E-state index contributed by atoms with van der Waals surface area (Å²) in [6.07, 6.45) is 5.83. The molecule has 0 aromatic heterocycles. The van der Waals surface area contributed by atoms with Gasteiger partial charge in [-0.15, -0.1) is 0 Å². The van der Waals surface area contributed by atoms with E-state index in [1.54, 1.807) is 0 Å². The summed E-state index contributed by atoms with van der Waals surface area (Å²) < 4.78 is 0. The van der Waals surface area contributed by atoms with Crippen molar-refractivity contribution in [1.29, 1.82) is 0 Å². The number of hydrogen-bond acceptors (Lipinski definition) is 3. The van der Waals surface area contributed by atoms with E-state index in [-0.39, 0.29) is 11.5 Å². The molecular weight excluding hydrogens is 226 g/mol. The van der Waals surface area contributed by atoms with Crippen LogP contribution >= 0.6 is 0 Å². The van der Waals surface area contributed by atoms with Crippen LogP contribution in [0.4, 0.5) is 0 Å². The van der Waals surface area contributed by atoms with Crippen molar-refractivity contribution < 1.29 is 10.2 Å². The Morgan fingerprint density at radius 2 is 2.17 bits per heavy atom. The first-order chi connectivity index (χ1) is 8.54. The molecule has 106 valence electrons. The van der Waals surface area contributed by atoms with E-state index in [1.807, 2.05) is 6.92 Å². The van der Waals surface area contributed by atoms with Crippen LogP contribution in [0.3, 0.4) is 0 Å². The Labute approximate surface area is 111 Å². The smallest absolute Gasteiger partial charge is 0.0552 e. The summed E-state index contributed by atoms with van der Waals surface area (Å²) in [5, 5.41) is 19.5. The predicted molar refractivity (Wildman–Crippen MR) is 73.4 cm³/mol. The Bertz CT molecular complexity index is 269. The molecule has 2 fully saturated rings. The summed E-state index contributed by atoms with van der Waals surface area (Å²) in [5.41, 5.74) is 0.130. The van der Waals surface area contributed by atoms with Crippen LogP contribution in [0.1, 0.15) is 46.0 Å². The summed E-state index contributed by atoms with van der Waals surface area (Å²) in [4.78, 5) is 2.46. The number of aliphatic hydroxyl groups is 2. The molecule has 4 atom stereocenters. The molecule has 1 saturated heterocycles. The molecule has 0 radical (unpaired) electrons. The highest BCUT2D eigenvalue weighted by atomic mass is 16.3. The van der Waals surface area contributed by atoms with Crippen molar-refractivity contribution in [3.63, 3.8) is 0 Å². The van der Waals surface area contributed by atoms with E-state index in [0.29, 0.717) is 12.5 Å². The predicted octanol–water partition coefficient (Wildman–Crippen LogP) is 1.88. The van der Waals surface area contributed by atoms with Gasteiger partial charge in [-0.1, -0.05) is 19.8 Å². The van der Waals surface area contributed by atoms with Crippen LogP contribution < -0.4 is 0 Å². The molecule has 0 bridgehead atoms. The van der Waals surface area contributed by atoms with Gasteiger partial charge in [0.2, 0.25) is 0 Å². The van der Waals surface area contributed by atoms with Gasteiger partial charge >= 0.3 is 0 Å². The largest absolute Gasteiger partial charge is 0.396 e. The second-order valence-electron chi connectivity index (χ2n) is 6.88. The lowest BCUT2D eigenvalue weighted by Crippen LogP contribution is -2.42. The van der Waals surface area contributed by atoms with Gasteiger partial charge in [0.15, 0.2) is 0 Å². The van der Waals surface area contributed by atoms with Gasteiger partial charge in [0, 0.05) is 25.1 Å². The van der Waals surface area contributed by atoms with Crippen LogP contribution in [0.5, 0.6) is 0 Å². The van der Waals surface area contributed by atoms with Crippen molar-refractivity contribution >= 4 is 0 Å². The van der Waals surface area contributed by atoms with E-state index in [0.717, 1.165) is 32.0 Å². The number of hydrogen-bond donors (Lipinski definition) is 2. The Hall–Kier alpha value is -0.120. The molecule has 0 amide bonds. The normalized spacial score (nSPS) is 40.0. The van der Waals surface area contributed by atoms with Gasteiger partial charge in [-0.25, -0.2) is 0 Å². The molecule has 1 saturated carbocycles. The lowest BCUT2D eigenvalue weighted by atomic mass is 9.70. The minimum Gasteiger partial charge on any atom is -0.396 e. The Kier molecular flexibility index (Phi) is 4.68. The van der Waals surface area contributed by atoms with Gasteiger partial charge in [0.05, 0.1) is 6.10 Å². The molecule has 3 nitrogen and oxygen atoms in total. The van der Waals surface area contributed by atoms with Gasteiger partial charge in [0.1, 0.15) is 0 Å². The zero-order valence-corrected chi connectivity index (χ0v) is 11.9. The first-order valence-electron chi connectivity index (χ1n) is 7.56. The minimum atomic E-state index is -0.189. The van der Waals surface area contributed by atoms with Crippen molar-refractivity contribution in [2.24, 2.45) is 17.3 Å². The van der Waals surface area contributed by atoms with E-state index < -0.39 is 0 Å². The highest BCUT2D eigenvalue weighted by Crippen LogP contribution is 2.40. The third kappa shape index (κ3) is 3.25. The summed E-state index contributed by atoms with van der Waals surface area (Å²) in [6.45, 7) is 7.66. The molecule has 2 aliphatic rings. The van der Waals surface area contributed by atoms with Gasteiger partial charge in [0.25, 0.3) is 0 Å². The van der Waals surface area contributed by atoms with E-state index in [4.69, 9.17) is 0 Å². The standard InChI is InChI=1S/C15H29NO2/c1-12-4-3-6-15(8-12,11-17)10-16-7-5-14(9-16)13(2)18/h12-14,17-18H,3-11H2,1-2H3. The molecule has 4 unspecified atom stereocenters. The van der Waals surface area contributed by atoms with Gasteiger partial charge in [-0.05, 0) is 44.6 Å². The van der Waals surface area contributed by atoms with Crippen LogP contribution in [-0.2, 0) is 0 Å². The molecule has 1 aliphatic carbocycles. The van der Waals surface area contributed by atoms with Gasteiger partial charge < -0.3 is 15.1 Å². The summed E-state index contributed by atoms with van der Waals surface area (Å²) in [6, 6.07) is 0. The molecule has 0 aromatic rings. The fourth-order valence-corrected chi connectivity index (χ4v) is 3.98. The molecule has 1 aliphatic heterocycles. The topological polar surface area (TPSA) is 43.7 Å². The molecular formula is C15H29NO2. The number of nitrogens with zero attached hydrogens (tertiary/aromatic N) is 1.